The van der Waals surface area contributed by atoms with Crippen molar-refractivity contribution in [3.8, 4) is 0 Å². The van der Waals surface area contributed by atoms with Gasteiger partial charge in [0.05, 0.1) is 0 Å². The minimum absolute atomic E-state index is 0. The topological polar surface area (TPSA) is 61.4 Å². The van der Waals surface area contributed by atoms with Crippen molar-refractivity contribution >= 4 is 36.7 Å². The molecule has 22 heavy (non-hydrogen) atoms. The van der Waals surface area contributed by atoms with E-state index in [4.69, 9.17) is 0 Å². The monoisotopic (exact) mass is 347 g/mol. The third-order valence-corrected chi connectivity index (χ3v) is 4.01. The van der Waals surface area contributed by atoms with Crippen LogP contribution < -0.4 is 10.2 Å². The molecule has 3 heterocycles. The molecular weight excluding hydrogens is 325 g/mol. The van der Waals surface area contributed by atoms with Crippen LogP contribution in [-0.2, 0) is 0 Å². The number of halogens is 2. The summed E-state index contributed by atoms with van der Waals surface area (Å²) < 4.78 is 0. The van der Waals surface area contributed by atoms with Gasteiger partial charge in [-0.1, -0.05) is 0 Å². The molecule has 6 nitrogen and oxygen atoms in total. The second-order valence-electron chi connectivity index (χ2n) is 5.49. The van der Waals surface area contributed by atoms with E-state index >= 15 is 0 Å². The van der Waals surface area contributed by atoms with Crippen molar-refractivity contribution in [1.29, 1.82) is 0 Å². The van der Waals surface area contributed by atoms with Crippen LogP contribution in [0.1, 0.15) is 30.3 Å². The van der Waals surface area contributed by atoms with E-state index in [0.29, 0.717) is 11.6 Å². The van der Waals surface area contributed by atoms with E-state index in [-0.39, 0.29) is 36.8 Å². The second kappa shape index (κ2) is 8.50. The zero-order valence-corrected chi connectivity index (χ0v) is 14.3. The number of nitrogens with one attached hydrogen (secondary N) is 1. The van der Waals surface area contributed by atoms with E-state index < -0.39 is 0 Å². The maximum Gasteiger partial charge on any atom is 0.272 e. The van der Waals surface area contributed by atoms with Gasteiger partial charge in [0.25, 0.3) is 5.91 Å². The Morgan fingerprint density at radius 3 is 2.68 bits per heavy atom. The Hall–Kier alpha value is -1.11. The number of rotatable bonds is 2. The van der Waals surface area contributed by atoms with Gasteiger partial charge < -0.3 is 15.1 Å². The third-order valence-electron chi connectivity index (χ3n) is 4.01. The molecule has 0 spiro atoms. The van der Waals surface area contributed by atoms with Gasteiger partial charge in [0.1, 0.15) is 5.69 Å². The molecule has 0 unspecified atom stereocenters. The lowest BCUT2D eigenvalue weighted by Gasteiger charge is -2.33. The number of amides is 1. The van der Waals surface area contributed by atoms with Crippen LogP contribution in [0, 0.1) is 0 Å². The quantitative estimate of drug-likeness (QED) is 0.874. The predicted octanol–water partition coefficient (Wildman–Crippen LogP) is 1.35. The lowest BCUT2D eigenvalue weighted by Crippen LogP contribution is -2.52. The molecule has 0 saturated carbocycles. The highest BCUT2D eigenvalue weighted by Crippen LogP contribution is 2.16. The predicted molar refractivity (Wildman–Crippen MR) is 91.3 cm³/mol. The SMILES string of the molecule is C[C@@H]1CNCCN1C(=O)c1ccnc(N2CCCC2)n1.Cl.Cl. The minimum atomic E-state index is 0. The molecule has 8 heteroatoms. The van der Waals surface area contributed by atoms with E-state index in [0.717, 1.165) is 32.7 Å². The standard InChI is InChI=1S/C14H21N5O.2ClH/c1-11-10-15-6-9-19(11)13(20)12-4-5-16-14(17-12)18-7-2-3-8-18;;/h4-5,11,15H,2-3,6-10H2,1H3;2*1H/t11-;;/m1../s1. The molecule has 2 aliphatic rings. The van der Waals surface area contributed by atoms with Crippen molar-refractivity contribution in [2.75, 3.05) is 37.6 Å². The van der Waals surface area contributed by atoms with Crippen molar-refractivity contribution in [2.24, 2.45) is 0 Å². The Balaban J connectivity index is 0.00000121. The maximum atomic E-state index is 12.6. The number of nitrogens with zero attached hydrogens (tertiary/aromatic N) is 4. The summed E-state index contributed by atoms with van der Waals surface area (Å²) in [6.07, 6.45) is 4.05. The number of carbonyl (C=O) groups is 1. The largest absolute Gasteiger partial charge is 0.341 e. The van der Waals surface area contributed by atoms with Crippen LogP contribution in [0.5, 0.6) is 0 Å². The summed E-state index contributed by atoms with van der Waals surface area (Å²) in [5.41, 5.74) is 0.510. The molecule has 1 atom stereocenters. The van der Waals surface area contributed by atoms with Gasteiger partial charge in [-0.25, -0.2) is 9.97 Å². The fourth-order valence-corrected chi connectivity index (χ4v) is 2.83. The molecule has 2 saturated heterocycles. The summed E-state index contributed by atoms with van der Waals surface area (Å²) in [6, 6.07) is 1.93. The summed E-state index contributed by atoms with van der Waals surface area (Å²) in [7, 11) is 0. The van der Waals surface area contributed by atoms with Crippen LogP contribution in [0.3, 0.4) is 0 Å². The molecule has 1 N–H and O–H groups in total. The lowest BCUT2D eigenvalue weighted by molar-refractivity contribution is 0.0649. The molecule has 0 aliphatic carbocycles. The maximum absolute atomic E-state index is 12.6. The van der Waals surface area contributed by atoms with E-state index in [1.165, 1.54) is 12.8 Å². The highest BCUT2D eigenvalue weighted by atomic mass is 35.5. The van der Waals surface area contributed by atoms with E-state index in [2.05, 4.69) is 27.1 Å². The van der Waals surface area contributed by atoms with Crippen LogP contribution in [-0.4, -0.2) is 59.5 Å². The Morgan fingerprint density at radius 1 is 1.27 bits per heavy atom. The molecule has 1 aromatic rings. The summed E-state index contributed by atoms with van der Waals surface area (Å²) in [4.78, 5) is 25.4. The summed E-state index contributed by atoms with van der Waals surface area (Å²) in [5.74, 6) is 0.706. The molecule has 1 aromatic heterocycles. The Labute approximate surface area is 143 Å². The molecule has 0 radical (unpaired) electrons. The smallest absolute Gasteiger partial charge is 0.272 e. The van der Waals surface area contributed by atoms with Gasteiger partial charge >= 0.3 is 0 Å². The zero-order valence-electron chi connectivity index (χ0n) is 12.7. The van der Waals surface area contributed by atoms with Crippen molar-refractivity contribution < 1.29 is 4.79 Å². The number of anilines is 1. The number of aromatic nitrogens is 2. The third kappa shape index (κ3) is 4.00. The number of piperazine rings is 1. The van der Waals surface area contributed by atoms with Gasteiger partial charge in [-0.2, -0.15) is 0 Å². The van der Waals surface area contributed by atoms with Gasteiger partial charge in [0.2, 0.25) is 5.95 Å². The molecule has 0 bridgehead atoms. The van der Waals surface area contributed by atoms with Crippen LogP contribution in [0.15, 0.2) is 12.3 Å². The average Bonchev–Trinajstić information content (AvgIpc) is 3.01. The normalized spacial score (nSPS) is 21.0. The van der Waals surface area contributed by atoms with Crippen molar-refractivity contribution in [3.63, 3.8) is 0 Å². The first-order valence-electron chi connectivity index (χ1n) is 7.35. The van der Waals surface area contributed by atoms with Crippen LogP contribution in [0.2, 0.25) is 0 Å². The van der Waals surface area contributed by atoms with E-state index in [1.54, 1.807) is 12.3 Å². The fraction of sp³-hybridized carbons (Fsp3) is 0.643. The van der Waals surface area contributed by atoms with Crippen LogP contribution in [0.25, 0.3) is 0 Å². The first-order valence-corrected chi connectivity index (χ1v) is 7.35. The van der Waals surface area contributed by atoms with Crippen molar-refractivity contribution in [2.45, 2.75) is 25.8 Å². The van der Waals surface area contributed by atoms with Crippen molar-refractivity contribution in [1.82, 2.24) is 20.2 Å². The number of hydrogen-bond acceptors (Lipinski definition) is 5. The van der Waals surface area contributed by atoms with E-state index in [9.17, 15) is 4.79 Å². The summed E-state index contributed by atoms with van der Waals surface area (Å²) in [6.45, 7) is 6.47. The highest BCUT2D eigenvalue weighted by molar-refractivity contribution is 5.92. The molecular formula is C14H23Cl2N5O. The number of carbonyl (C=O) groups excluding carboxylic acids is 1. The Bertz CT molecular complexity index is 496. The second-order valence-corrected chi connectivity index (χ2v) is 5.49. The number of hydrogen-bond donors (Lipinski definition) is 1. The summed E-state index contributed by atoms with van der Waals surface area (Å²) >= 11 is 0. The van der Waals surface area contributed by atoms with Crippen LogP contribution in [0.4, 0.5) is 5.95 Å². The molecule has 3 rings (SSSR count). The fourth-order valence-electron chi connectivity index (χ4n) is 2.83. The minimum Gasteiger partial charge on any atom is -0.341 e. The highest BCUT2D eigenvalue weighted by Gasteiger charge is 2.25. The van der Waals surface area contributed by atoms with Gasteiger partial charge in [-0.15, -0.1) is 24.8 Å². The van der Waals surface area contributed by atoms with Gasteiger partial charge in [-0.05, 0) is 25.8 Å². The first kappa shape index (κ1) is 18.9. The molecule has 0 aromatic carbocycles. The van der Waals surface area contributed by atoms with Crippen LogP contribution >= 0.6 is 24.8 Å². The molecule has 2 aliphatic heterocycles. The summed E-state index contributed by atoms with van der Waals surface area (Å²) in [5, 5.41) is 3.29. The lowest BCUT2D eigenvalue weighted by atomic mass is 10.2. The average molecular weight is 348 g/mol. The first-order chi connectivity index (χ1) is 9.75. The van der Waals surface area contributed by atoms with Crippen molar-refractivity contribution in [3.05, 3.63) is 18.0 Å². The van der Waals surface area contributed by atoms with Gasteiger partial charge in [0.15, 0.2) is 0 Å². The van der Waals surface area contributed by atoms with E-state index in [1.807, 2.05) is 4.90 Å². The Kier molecular flexibility index (Phi) is 7.32. The van der Waals surface area contributed by atoms with Gasteiger partial charge in [0, 0.05) is 45.0 Å². The zero-order chi connectivity index (χ0) is 13.9. The Morgan fingerprint density at radius 2 is 2.00 bits per heavy atom. The molecule has 1 amide bonds. The van der Waals surface area contributed by atoms with Gasteiger partial charge in [-0.3, -0.25) is 4.79 Å². The molecule has 124 valence electrons. The molecule has 2 fully saturated rings.